The molecule has 42 valence electrons. The zero-order valence-corrected chi connectivity index (χ0v) is 8.90. The second-order valence-electron chi connectivity index (χ2n) is 0.448. The minimum Gasteiger partial charge on any atom is -0.512 e. The van der Waals surface area contributed by atoms with E-state index in [2.05, 4.69) is 0 Å². The molecule has 0 saturated heterocycles. The van der Waals surface area contributed by atoms with E-state index < -0.39 is 13.4 Å². The molecule has 0 bridgehead atoms. The number of hydrogen-bond donors (Lipinski definition) is 2. The van der Waals surface area contributed by atoms with Crippen molar-refractivity contribution in [1.82, 2.24) is 0 Å². The second kappa shape index (κ2) is 8.17. The molecule has 0 saturated carbocycles. The monoisotopic (exact) mass is 211 g/mol. The second-order valence-corrected chi connectivity index (χ2v) is 2.33. The molecule has 5 nitrogen and oxygen atoms in total. The van der Waals surface area contributed by atoms with Crippen molar-refractivity contribution in [1.29, 1.82) is 5.26 Å². The molecule has 0 spiro atoms. The number of rotatable bonds is 0. The van der Waals surface area contributed by atoms with Crippen LogP contribution >= 0.6 is 0 Å². The Morgan fingerprint density at radius 1 is 1.25 bits per heavy atom. The average Bonchev–Trinajstić information content (AvgIpc) is 1.36. The van der Waals surface area contributed by atoms with Gasteiger partial charge in [-0.3, -0.25) is 0 Å². The van der Waals surface area contributed by atoms with Crippen molar-refractivity contribution in [2.75, 3.05) is 0 Å². The summed E-state index contributed by atoms with van der Waals surface area (Å²) in [6.07, 6.45) is 0. The molecule has 0 aromatic carbocycles. The molecule has 0 aliphatic heterocycles. The zero-order chi connectivity index (χ0) is 6.50. The van der Waals surface area contributed by atoms with Gasteiger partial charge in [-0.25, -0.2) is 0 Å². The van der Waals surface area contributed by atoms with E-state index in [1.165, 1.54) is 0 Å². The van der Waals surface area contributed by atoms with Crippen LogP contribution in [-0.2, 0) is 7.67 Å². The van der Waals surface area contributed by atoms with Gasteiger partial charge in [-0.2, -0.15) is 0 Å². The molecule has 2 N–H and O–H groups in total. The van der Waals surface area contributed by atoms with Crippen LogP contribution in [0, 0.1) is 11.8 Å². The number of nitrogens with zero attached hydrogens (tertiary/aromatic N) is 1. The van der Waals surface area contributed by atoms with Crippen LogP contribution in [-0.4, -0.2) is 21.7 Å². The van der Waals surface area contributed by atoms with Gasteiger partial charge in [0.15, 0.2) is 0 Å². The largest absolute Gasteiger partial charge is 1.00 e. The molecule has 0 aliphatic rings. The molecular formula is CH2KNO4Se. The molecule has 0 unspecified atom stereocenters. The molecule has 0 atom stereocenters. The van der Waals surface area contributed by atoms with Crippen LogP contribution in [0.25, 0.3) is 0 Å². The van der Waals surface area contributed by atoms with E-state index in [1.54, 1.807) is 0 Å². The summed E-state index contributed by atoms with van der Waals surface area (Å²) in [5.41, 5.74) is 0. The van der Waals surface area contributed by atoms with E-state index in [1.807, 2.05) is 0 Å². The van der Waals surface area contributed by atoms with E-state index >= 15 is 0 Å². The zero-order valence-electron chi connectivity index (χ0n) is 4.07. The normalized spacial score (nSPS) is 7.50. The first-order chi connectivity index (χ1) is 3.00. The Morgan fingerprint density at radius 2 is 1.25 bits per heavy atom. The van der Waals surface area contributed by atoms with Crippen molar-refractivity contribution < 1.29 is 67.4 Å². The van der Waals surface area contributed by atoms with Gasteiger partial charge in [-0.15, -0.1) is 0 Å². The maximum Gasteiger partial charge on any atom is 1.00 e. The average molecular weight is 210 g/mol. The molecule has 0 aromatic rings. The Hall–Kier alpha value is 1.17. The molecule has 0 fully saturated rings. The predicted molar refractivity (Wildman–Crippen MR) is 16.5 cm³/mol. The molecule has 0 aromatic heterocycles. The third-order valence-electron chi connectivity index (χ3n) is 0. The Kier molecular flexibility index (Phi) is 16.4. The van der Waals surface area contributed by atoms with Crippen LogP contribution in [0.3, 0.4) is 0 Å². The topological polar surface area (TPSA) is 98.4 Å². The fourth-order valence-electron chi connectivity index (χ4n) is 0. The van der Waals surface area contributed by atoms with Gasteiger partial charge < -0.3 is 11.8 Å². The summed E-state index contributed by atoms with van der Waals surface area (Å²) in [7, 11) is 0. The smallest absolute Gasteiger partial charge is 0.512 e. The summed E-state index contributed by atoms with van der Waals surface area (Å²) in [4.78, 5) is 0. The molecule has 8 heavy (non-hydrogen) atoms. The first-order valence-corrected chi connectivity index (χ1v) is 3.85. The third-order valence-corrected chi connectivity index (χ3v) is 0. The van der Waals surface area contributed by atoms with Gasteiger partial charge in [0.25, 0.3) is 0 Å². The van der Waals surface area contributed by atoms with Crippen molar-refractivity contribution in [3.63, 3.8) is 0 Å². The van der Waals surface area contributed by atoms with Crippen molar-refractivity contribution in [2.24, 2.45) is 0 Å². The summed E-state index contributed by atoms with van der Waals surface area (Å²) < 4.78 is 31.9. The van der Waals surface area contributed by atoms with Gasteiger partial charge in [-0.05, 0) is 0 Å². The van der Waals surface area contributed by atoms with E-state index in [9.17, 15) is 0 Å². The van der Waals surface area contributed by atoms with E-state index in [-0.39, 0.29) is 51.4 Å². The van der Waals surface area contributed by atoms with Crippen molar-refractivity contribution in [3.8, 4) is 0 Å². The first-order valence-electron chi connectivity index (χ1n) is 0.922. The quantitative estimate of drug-likeness (QED) is 0.309. The molecule has 7 heteroatoms. The third kappa shape index (κ3) is 200. The Balaban J connectivity index is -0.0000000750. The van der Waals surface area contributed by atoms with Gasteiger partial charge in [0.05, 0.1) is 0 Å². The van der Waals surface area contributed by atoms with Crippen molar-refractivity contribution in [2.45, 2.75) is 0 Å². The summed E-state index contributed by atoms with van der Waals surface area (Å²) in [6, 6.07) is 0. The molecule has 0 heterocycles. The fraction of sp³-hybridized carbons (Fsp3) is 0. The van der Waals surface area contributed by atoms with Crippen LogP contribution in [0.1, 0.15) is 0 Å². The molecular weight excluding hydrogens is 208 g/mol. The van der Waals surface area contributed by atoms with Crippen molar-refractivity contribution in [3.05, 3.63) is 6.57 Å². The van der Waals surface area contributed by atoms with Gasteiger partial charge in [0, 0.05) is 0 Å². The number of hydrogen-bond acceptors (Lipinski definition) is 3. The van der Waals surface area contributed by atoms with Crippen LogP contribution in [0.5, 0.6) is 0 Å². The first kappa shape index (κ1) is 16.1. The Morgan fingerprint density at radius 3 is 1.25 bits per heavy atom. The maximum atomic E-state index is 8.82. The molecule has 0 aliphatic carbocycles. The Bertz CT molecular complexity index is 127. The molecule has 0 rings (SSSR count). The van der Waals surface area contributed by atoms with Crippen LogP contribution in [0.15, 0.2) is 0 Å². The van der Waals surface area contributed by atoms with Gasteiger partial charge in [0.2, 0.25) is 0 Å². The van der Waals surface area contributed by atoms with E-state index in [0.29, 0.717) is 0 Å². The van der Waals surface area contributed by atoms with E-state index in [4.69, 9.17) is 27.9 Å². The Labute approximate surface area is 91.0 Å². The standard InChI is InChI=1S/CN.K.H2O4Se/c1-2;;1-5(2,3)4/h;;(H2,1,2,3,4)/q-1;+1;. The van der Waals surface area contributed by atoms with Crippen LogP contribution in [0.2, 0.25) is 0 Å². The summed E-state index contributed by atoms with van der Waals surface area (Å²) >= 11 is -5.25. The minimum atomic E-state index is -5.25. The van der Waals surface area contributed by atoms with Gasteiger partial charge in [-0.1, -0.05) is 0 Å². The minimum absolute atomic E-state index is 0. The van der Waals surface area contributed by atoms with Gasteiger partial charge in [0.1, 0.15) is 0 Å². The summed E-state index contributed by atoms with van der Waals surface area (Å²) in [5.74, 6) is 0. The summed E-state index contributed by atoms with van der Waals surface area (Å²) in [6.45, 7) is 4.75. The molecule has 0 radical (unpaired) electrons. The molecule has 0 amide bonds. The van der Waals surface area contributed by atoms with Crippen LogP contribution < -0.4 is 51.4 Å². The predicted octanol–water partition coefficient (Wildman–Crippen LogP) is -4.63. The van der Waals surface area contributed by atoms with Crippen LogP contribution in [0.4, 0.5) is 0 Å². The SMILES string of the molecule is O=[Se](=O)(O)O.[C-]#N.[K+]. The van der Waals surface area contributed by atoms with E-state index in [0.717, 1.165) is 0 Å². The van der Waals surface area contributed by atoms with Crippen molar-refractivity contribution >= 4 is 13.4 Å². The van der Waals surface area contributed by atoms with Gasteiger partial charge >= 0.3 is 80.8 Å². The maximum absolute atomic E-state index is 8.82. The fourth-order valence-corrected chi connectivity index (χ4v) is 0. The summed E-state index contributed by atoms with van der Waals surface area (Å²) in [5, 5.41) is 6.25.